The zero-order chi connectivity index (χ0) is 15.5. The summed E-state index contributed by atoms with van der Waals surface area (Å²) in [6.07, 6.45) is 4.45. The van der Waals surface area contributed by atoms with E-state index in [1.165, 1.54) is 12.1 Å². The van der Waals surface area contributed by atoms with Gasteiger partial charge >= 0.3 is 0 Å². The van der Waals surface area contributed by atoms with Crippen molar-refractivity contribution in [2.75, 3.05) is 6.54 Å². The maximum atomic E-state index is 12.4. The van der Waals surface area contributed by atoms with Gasteiger partial charge in [-0.15, -0.1) is 0 Å². The van der Waals surface area contributed by atoms with Crippen molar-refractivity contribution >= 4 is 21.6 Å². The first-order valence-electron chi connectivity index (χ1n) is 7.31. The van der Waals surface area contributed by atoms with Gasteiger partial charge in [-0.3, -0.25) is 0 Å². The van der Waals surface area contributed by atoms with Gasteiger partial charge in [-0.05, 0) is 42.4 Å². The molecule has 0 amide bonds. The van der Waals surface area contributed by atoms with Gasteiger partial charge in [-0.25, -0.2) is 13.1 Å². The zero-order valence-electron chi connectivity index (χ0n) is 12.2. The van der Waals surface area contributed by atoms with Crippen LogP contribution in [-0.2, 0) is 16.6 Å². The Morgan fingerprint density at radius 2 is 1.95 bits per heavy atom. The molecule has 0 aromatic heterocycles. The summed E-state index contributed by atoms with van der Waals surface area (Å²) in [4.78, 5) is 0.0416. The van der Waals surface area contributed by atoms with Crippen LogP contribution in [0.25, 0.3) is 0 Å². The lowest BCUT2D eigenvalue weighted by Gasteiger charge is -2.26. The van der Waals surface area contributed by atoms with E-state index in [0.29, 0.717) is 18.0 Å². The number of rotatable bonds is 5. The van der Waals surface area contributed by atoms with E-state index in [4.69, 9.17) is 16.7 Å². The molecule has 6 heteroatoms. The Balaban J connectivity index is 2.05. The van der Waals surface area contributed by atoms with E-state index in [1.807, 2.05) is 0 Å². The Morgan fingerprint density at radius 3 is 2.57 bits per heavy atom. The lowest BCUT2D eigenvalue weighted by Crippen LogP contribution is -2.31. The van der Waals surface area contributed by atoms with Gasteiger partial charge in [0, 0.05) is 6.54 Å². The number of nitrogens with one attached hydrogen (secondary N) is 1. The molecule has 1 aliphatic rings. The molecule has 0 heterocycles. The predicted molar refractivity (Wildman–Crippen MR) is 83.7 cm³/mol. The molecule has 1 aliphatic carbocycles. The van der Waals surface area contributed by atoms with E-state index < -0.39 is 10.0 Å². The van der Waals surface area contributed by atoms with E-state index in [-0.39, 0.29) is 16.5 Å². The van der Waals surface area contributed by atoms with Gasteiger partial charge in [-0.2, -0.15) is 0 Å². The highest BCUT2D eigenvalue weighted by Crippen LogP contribution is 2.28. The minimum atomic E-state index is -3.63. The van der Waals surface area contributed by atoms with Crippen molar-refractivity contribution in [3.05, 3.63) is 28.8 Å². The fourth-order valence-electron chi connectivity index (χ4n) is 2.69. The summed E-state index contributed by atoms with van der Waals surface area (Å²) in [5.74, 6) is 1.14. The number of aliphatic hydroxyl groups is 1. The highest BCUT2D eigenvalue weighted by Gasteiger charge is 2.23. The Labute approximate surface area is 131 Å². The van der Waals surface area contributed by atoms with Crippen LogP contribution < -0.4 is 4.72 Å². The molecule has 2 N–H and O–H groups in total. The first-order valence-corrected chi connectivity index (χ1v) is 9.17. The number of benzene rings is 1. The van der Waals surface area contributed by atoms with Crippen molar-refractivity contribution < 1.29 is 13.5 Å². The summed E-state index contributed by atoms with van der Waals surface area (Å²) in [5, 5.41) is 9.30. The summed E-state index contributed by atoms with van der Waals surface area (Å²) in [7, 11) is -3.63. The second-order valence-corrected chi connectivity index (χ2v) is 8.04. The number of hydrogen-bond donors (Lipinski definition) is 2. The fourth-order valence-corrected chi connectivity index (χ4v) is 4.35. The van der Waals surface area contributed by atoms with Crippen LogP contribution >= 0.6 is 11.6 Å². The Kier molecular flexibility index (Phi) is 5.66. The van der Waals surface area contributed by atoms with Crippen LogP contribution in [0.5, 0.6) is 0 Å². The van der Waals surface area contributed by atoms with Gasteiger partial charge in [0.25, 0.3) is 0 Å². The summed E-state index contributed by atoms with van der Waals surface area (Å²) in [6, 6.07) is 4.54. The second-order valence-electron chi connectivity index (χ2n) is 5.90. The van der Waals surface area contributed by atoms with Gasteiger partial charge < -0.3 is 5.11 Å². The summed E-state index contributed by atoms with van der Waals surface area (Å²) in [5.41, 5.74) is 0.534. The van der Waals surface area contributed by atoms with Crippen molar-refractivity contribution in [2.45, 2.75) is 44.1 Å². The third kappa shape index (κ3) is 4.42. The molecule has 118 valence electrons. The van der Waals surface area contributed by atoms with Crippen LogP contribution in [0.15, 0.2) is 23.1 Å². The second kappa shape index (κ2) is 7.09. The van der Waals surface area contributed by atoms with Crippen LogP contribution in [0.1, 0.15) is 38.2 Å². The highest BCUT2D eigenvalue weighted by molar-refractivity contribution is 7.89. The molecule has 0 spiro atoms. The highest BCUT2D eigenvalue weighted by atomic mass is 35.5. The van der Waals surface area contributed by atoms with Gasteiger partial charge in [-0.1, -0.05) is 37.4 Å². The number of hydrogen-bond acceptors (Lipinski definition) is 3. The molecule has 1 saturated carbocycles. The third-order valence-electron chi connectivity index (χ3n) is 4.17. The van der Waals surface area contributed by atoms with E-state index in [2.05, 4.69) is 11.6 Å². The molecule has 0 atom stereocenters. The molecule has 2 rings (SSSR count). The molecule has 1 fully saturated rings. The normalized spacial score (nSPS) is 23.2. The molecule has 0 aliphatic heterocycles. The first-order chi connectivity index (χ1) is 9.92. The van der Waals surface area contributed by atoms with Crippen LogP contribution in [-0.4, -0.2) is 20.1 Å². The maximum Gasteiger partial charge on any atom is 0.242 e. The average Bonchev–Trinajstić information content (AvgIpc) is 2.47. The Hall–Kier alpha value is -0.620. The van der Waals surface area contributed by atoms with Crippen molar-refractivity contribution in [3.63, 3.8) is 0 Å². The molecule has 1 aromatic carbocycles. The molecule has 0 radical (unpaired) electrons. The maximum absolute atomic E-state index is 12.4. The van der Waals surface area contributed by atoms with Crippen LogP contribution in [0.3, 0.4) is 0 Å². The fraction of sp³-hybridized carbons (Fsp3) is 0.600. The minimum absolute atomic E-state index is 0.0416. The third-order valence-corrected chi connectivity index (χ3v) is 6.07. The van der Waals surface area contributed by atoms with E-state index in [9.17, 15) is 8.42 Å². The van der Waals surface area contributed by atoms with Gasteiger partial charge in [0.1, 0.15) is 4.90 Å². The van der Waals surface area contributed by atoms with E-state index >= 15 is 0 Å². The molecule has 1 aromatic rings. The number of sulfonamides is 1. The SMILES string of the molecule is CC1CCC(CNS(=O)(=O)c2cc(CO)ccc2Cl)CC1. The summed E-state index contributed by atoms with van der Waals surface area (Å²) >= 11 is 5.98. The lowest BCUT2D eigenvalue weighted by molar-refractivity contribution is 0.281. The van der Waals surface area contributed by atoms with Crippen molar-refractivity contribution in [1.82, 2.24) is 4.72 Å². The quantitative estimate of drug-likeness (QED) is 0.871. The summed E-state index contributed by atoms with van der Waals surface area (Å²) < 4.78 is 27.4. The van der Waals surface area contributed by atoms with E-state index in [1.54, 1.807) is 6.07 Å². The molecular weight excluding hydrogens is 310 g/mol. The average molecular weight is 332 g/mol. The molecular formula is C15H22ClNO3S. The molecule has 0 unspecified atom stereocenters. The van der Waals surface area contributed by atoms with Gasteiger partial charge in [0.05, 0.1) is 11.6 Å². The van der Waals surface area contributed by atoms with Gasteiger partial charge in [0.15, 0.2) is 0 Å². The molecule has 21 heavy (non-hydrogen) atoms. The number of halogens is 1. The van der Waals surface area contributed by atoms with Crippen LogP contribution in [0.4, 0.5) is 0 Å². The molecule has 0 bridgehead atoms. The Morgan fingerprint density at radius 1 is 1.29 bits per heavy atom. The largest absolute Gasteiger partial charge is 0.392 e. The van der Waals surface area contributed by atoms with Crippen molar-refractivity contribution in [1.29, 1.82) is 0 Å². The van der Waals surface area contributed by atoms with Crippen molar-refractivity contribution in [3.8, 4) is 0 Å². The topological polar surface area (TPSA) is 66.4 Å². The molecule has 4 nitrogen and oxygen atoms in total. The monoisotopic (exact) mass is 331 g/mol. The lowest BCUT2D eigenvalue weighted by atomic mass is 9.83. The standard InChI is InChI=1S/C15H22ClNO3S/c1-11-2-4-12(5-3-11)9-17-21(19,20)15-8-13(10-18)6-7-14(15)16/h6-8,11-12,17-18H,2-5,9-10H2,1H3. The van der Waals surface area contributed by atoms with Gasteiger partial charge in [0.2, 0.25) is 10.0 Å². The first kappa shape index (κ1) is 16.7. The van der Waals surface area contributed by atoms with Crippen molar-refractivity contribution in [2.24, 2.45) is 11.8 Å². The predicted octanol–water partition coefficient (Wildman–Crippen LogP) is 2.94. The van der Waals surface area contributed by atoms with Crippen LogP contribution in [0.2, 0.25) is 5.02 Å². The Bertz CT molecular complexity index is 581. The van der Waals surface area contributed by atoms with Crippen LogP contribution in [0, 0.1) is 11.8 Å². The van der Waals surface area contributed by atoms with E-state index in [0.717, 1.165) is 31.6 Å². The minimum Gasteiger partial charge on any atom is -0.392 e. The smallest absolute Gasteiger partial charge is 0.242 e. The zero-order valence-corrected chi connectivity index (χ0v) is 13.8. The summed E-state index contributed by atoms with van der Waals surface area (Å²) in [6.45, 7) is 2.48. The number of aliphatic hydroxyl groups excluding tert-OH is 1. The molecule has 0 saturated heterocycles.